The zero-order valence-corrected chi connectivity index (χ0v) is 12.4. The van der Waals surface area contributed by atoms with Gasteiger partial charge in [0.1, 0.15) is 0 Å². The van der Waals surface area contributed by atoms with Crippen LogP contribution in [0.1, 0.15) is 23.2 Å². The molecule has 0 atom stereocenters. The minimum Gasteiger partial charge on any atom is -0.490 e. The Morgan fingerprint density at radius 1 is 1.15 bits per heavy atom. The number of halogens is 2. The van der Waals surface area contributed by atoms with Gasteiger partial charge in [-0.3, -0.25) is 4.79 Å². The summed E-state index contributed by atoms with van der Waals surface area (Å²) in [5.74, 6) is -0.127. The highest BCUT2D eigenvalue weighted by Crippen LogP contribution is 2.22. The molecule has 0 saturated carbocycles. The number of hydrogen-bond acceptors (Lipinski definition) is 2. The normalized spacial score (nSPS) is 10.3. The lowest BCUT2D eigenvalue weighted by molar-refractivity contribution is 0.0973. The molecular weight excluding hydrogens is 323 g/mol. The molecule has 0 fully saturated rings. The van der Waals surface area contributed by atoms with E-state index in [0.29, 0.717) is 25.0 Å². The molecule has 0 N–H and O–H groups in total. The summed E-state index contributed by atoms with van der Waals surface area (Å²) in [6.07, 6.45) is 0.944. The van der Waals surface area contributed by atoms with Crippen LogP contribution in [-0.2, 0) is 0 Å². The number of carbonyl (C=O) groups is 1. The number of ketones is 1. The van der Waals surface area contributed by atoms with E-state index in [1.54, 1.807) is 24.3 Å². The predicted molar refractivity (Wildman–Crippen MR) is 79.6 cm³/mol. The molecule has 104 valence electrons. The molecule has 0 aliphatic carbocycles. The lowest BCUT2D eigenvalue weighted by atomic mass is 10.1. The van der Waals surface area contributed by atoms with E-state index in [9.17, 15) is 9.18 Å². The Morgan fingerprint density at radius 3 is 2.65 bits per heavy atom. The molecule has 2 aromatic rings. The average molecular weight is 337 g/mol. The van der Waals surface area contributed by atoms with E-state index in [4.69, 9.17) is 4.74 Å². The fourth-order valence-electron chi connectivity index (χ4n) is 1.77. The van der Waals surface area contributed by atoms with Crippen LogP contribution in [0.15, 0.2) is 53.0 Å². The average Bonchev–Trinajstić information content (AvgIpc) is 2.47. The van der Waals surface area contributed by atoms with Crippen molar-refractivity contribution in [1.29, 1.82) is 0 Å². The van der Waals surface area contributed by atoms with Crippen molar-refractivity contribution in [2.45, 2.75) is 12.8 Å². The van der Waals surface area contributed by atoms with Gasteiger partial charge in [0.15, 0.2) is 17.3 Å². The highest BCUT2D eigenvalue weighted by atomic mass is 79.9. The van der Waals surface area contributed by atoms with Crippen LogP contribution in [0.2, 0.25) is 0 Å². The number of Topliss-reactive ketones (excluding diaryl/α,β-unsaturated/α-hetero) is 1. The molecular formula is C16H14BrFO2. The lowest BCUT2D eigenvalue weighted by Crippen LogP contribution is -2.04. The Bertz CT molecular complexity index is 584. The first-order valence-electron chi connectivity index (χ1n) is 6.33. The van der Waals surface area contributed by atoms with Gasteiger partial charge in [-0.05, 0) is 24.6 Å². The fraction of sp³-hybridized carbons (Fsp3) is 0.188. The molecule has 0 saturated heterocycles. The Hall–Kier alpha value is -1.68. The van der Waals surface area contributed by atoms with Crippen LogP contribution in [0.4, 0.5) is 4.39 Å². The van der Waals surface area contributed by atoms with Crippen LogP contribution in [0, 0.1) is 5.82 Å². The molecule has 2 aromatic carbocycles. The molecule has 0 aliphatic heterocycles. The van der Waals surface area contributed by atoms with Gasteiger partial charge < -0.3 is 4.74 Å². The van der Waals surface area contributed by atoms with Crippen LogP contribution in [0.25, 0.3) is 0 Å². The van der Waals surface area contributed by atoms with Crippen LogP contribution in [0.3, 0.4) is 0 Å². The monoisotopic (exact) mass is 336 g/mol. The molecule has 0 amide bonds. The Labute approximate surface area is 125 Å². The first-order chi connectivity index (χ1) is 9.66. The number of ether oxygens (including phenoxy) is 1. The Kier molecular flexibility index (Phi) is 5.30. The third-order valence-corrected chi connectivity index (χ3v) is 3.29. The van der Waals surface area contributed by atoms with E-state index < -0.39 is 5.82 Å². The van der Waals surface area contributed by atoms with E-state index >= 15 is 0 Å². The molecule has 0 unspecified atom stereocenters. The molecule has 0 radical (unpaired) electrons. The van der Waals surface area contributed by atoms with E-state index in [2.05, 4.69) is 15.9 Å². The molecule has 20 heavy (non-hydrogen) atoms. The standard InChI is InChI=1S/C16H14BrFO2/c17-13-8-9-14(18)16(11-13)20-10-4-7-15(19)12-5-2-1-3-6-12/h1-3,5-6,8-9,11H,4,7,10H2. The van der Waals surface area contributed by atoms with Gasteiger partial charge in [-0.1, -0.05) is 46.3 Å². The maximum atomic E-state index is 13.4. The second-order valence-electron chi connectivity index (χ2n) is 4.32. The summed E-state index contributed by atoms with van der Waals surface area (Å²) in [7, 11) is 0. The van der Waals surface area contributed by atoms with Crippen molar-refractivity contribution in [2.24, 2.45) is 0 Å². The third-order valence-electron chi connectivity index (χ3n) is 2.79. The Balaban J connectivity index is 1.79. The molecule has 0 aliphatic rings. The molecule has 0 spiro atoms. The minimum absolute atomic E-state index is 0.0731. The minimum atomic E-state index is -0.400. The van der Waals surface area contributed by atoms with Crippen LogP contribution < -0.4 is 4.74 Å². The van der Waals surface area contributed by atoms with E-state index in [1.165, 1.54) is 6.07 Å². The smallest absolute Gasteiger partial charge is 0.165 e. The molecule has 4 heteroatoms. The first-order valence-corrected chi connectivity index (χ1v) is 7.12. The molecule has 2 rings (SSSR count). The number of benzene rings is 2. The van der Waals surface area contributed by atoms with Crippen molar-refractivity contribution >= 4 is 21.7 Å². The van der Waals surface area contributed by atoms with Crippen LogP contribution >= 0.6 is 15.9 Å². The van der Waals surface area contributed by atoms with Gasteiger partial charge in [0.2, 0.25) is 0 Å². The zero-order chi connectivity index (χ0) is 14.4. The summed E-state index contributed by atoms with van der Waals surface area (Å²) in [5, 5.41) is 0. The lowest BCUT2D eigenvalue weighted by Gasteiger charge is -2.07. The van der Waals surface area contributed by atoms with Gasteiger partial charge >= 0.3 is 0 Å². The van der Waals surface area contributed by atoms with Gasteiger partial charge in [0.25, 0.3) is 0 Å². The largest absolute Gasteiger partial charge is 0.490 e. The summed E-state index contributed by atoms with van der Waals surface area (Å²) in [4.78, 5) is 11.8. The fourth-order valence-corrected chi connectivity index (χ4v) is 2.11. The number of carbonyl (C=O) groups excluding carboxylic acids is 1. The summed E-state index contributed by atoms with van der Waals surface area (Å²) >= 11 is 3.26. The Morgan fingerprint density at radius 2 is 1.90 bits per heavy atom. The van der Waals surface area contributed by atoms with E-state index in [1.807, 2.05) is 18.2 Å². The molecule has 0 heterocycles. The number of rotatable bonds is 6. The van der Waals surface area contributed by atoms with Crippen molar-refractivity contribution < 1.29 is 13.9 Å². The van der Waals surface area contributed by atoms with E-state index in [0.717, 1.165) is 4.47 Å². The number of hydrogen-bond donors (Lipinski definition) is 0. The third kappa shape index (κ3) is 4.17. The highest BCUT2D eigenvalue weighted by molar-refractivity contribution is 9.10. The summed E-state index contributed by atoms with van der Waals surface area (Å²) in [6, 6.07) is 13.6. The van der Waals surface area contributed by atoms with Gasteiger partial charge in [-0.25, -0.2) is 4.39 Å². The topological polar surface area (TPSA) is 26.3 Å². The van der Waals surface area contributed by atoms with Crippen LogP contribution in [0.5, 0.6) is 5.75 Å². The second-order valence-corrected chi connectivity index (χ2v) is 5.23. The molecule has 0 bridgehead atoms. The summed E-state index contributed by atoms with van der Waals surface area (Å²) in [5.41, 5.74) is 0.695. The quantitative estimate of drug-likeness (QED) is 0.567. The SMILES string of the molecule is O=C(CCCOc1cc(Br)ccc1F)c1ccccc1. The van der Waals surface area contributed by atoms with Crippen molar-refractivity contribution in [2.75, 3.05) is 6.61 Å². The summed E-state index contributed by atoms with van der Waals surface area (Å²) < 4.78 is 19.5. The van der Waals surface area contributed by atoms with E-state index in [-0.39, 0.29) is 11.5 Å². The highest BCUT2D eigenvalue weighted by Gasteiger charge is 2.06. The van der Waals surface area contributed by atoms with Crippen molar-refractivity contribution in [3.63, 3.8) is 0 Å². The predicted octanol–water partition coefficient (Wildman–Crippen LogP) is 4.63. The second kappa shape index (κ2) is 7.20. The molecule has 0 aromatic heterocycles. The first kappa shape index (κ1) is 14.7. The van der Waals surface area contributed by atoms with Gasteiger partial charge in [-0.15, -0.1) is 0 Å². The van der Waals surface area contributed by atoms with Crippen molar-refractivity contribution in [3.05, 3.63) is 64.4 Å². The van der Waals surface area contributed by atoms with Crippen LogP contribution in [-0.4, -0.2) is 12.4 Å². The van der Waals surface area contributed by atoms with Gasteiger partial charge in [0.05, 0.1) is 6.61 Å². The zero-order valence-electron chi connectivity index (χ0n) is 10.8. The summed E-state index contributed by atoms with van der Waals surface area (Å²) in [6.45, 7) is 0.311. The van der Waals surface area contributed by atoms with Gasteiger partial charge in [-0.2, -0.15) is 0 Å². The van der Waals surface area contributed by atoms with Crippen molar-refractivity contribution in [3.8, 4) is 5.75 Å². The maximum Gasteiger partial charge on any atom is 0.165 e. The van der Waals surface area contributed by atoms with Crippen molar-refractivity contribution in [1.82, 2.24) is 0 Å². The maximum absolute atomic E-state index is 13.4. The van der Waals surface area contributed by atoms with Gasteiger partial charge in [0, 0.05) is 16.5 Å². The molecule has 2 nitrogen and oxygen atoms in total.